The molecule has 0 saturated heterocycles. The van der Waals surface area contributed by atoms with Crippen LogP contribution in [0.4, 0.5) is 0 Å². The van der Waals surface area contributed by atoms with E-state index in [0.29, 0.717) is 19.3 Å². The molecule has 4 N–H and O–H groups in total. The minimum Gasteiger partial charge on any atom is -0.463 e. The average Bonchev–Trinajstić information content (AvgIpc) is 1.77. The number of hydrogen-bond acceptors (Lipinski definition) is 14. The van der Waals surface area contributed by atoms with Crippen LogP contribution in [0.5, 0.6) is 0 Å². The molecule has 0 saturated carbocycles. The Kier molecular flexibility index (Phi) is 69.2. The second kappa shape index (κ2) is 72.0. The summed E-state index contributed by atoms with van der Waals surface area (Å²) in [5.74, 6) is -1.60. The van der Waals surface area contributed by atoms with E-state index in [4.69, 9.17) is 32.3 Å². The monoisotopic (exact) mass is 1400 g/mol. The predicted molar refractivity (Wildman–Crippen MR) is 399 cm³/mol. The SMILES string of the molecule is CCCCC/C=C\C/C=C\C/C=C\C/C=C\CCCCCCCCCC(=O)OCC(O)COP(=O)(O)OCC(O)COP(=O)(O)OCC(COC(=O)CCCCCCCCC/C=C\C/C=C\C/C=C\C/C=C\CCCCC)OC(=O)CCCCCCC/C=C\CCCCCCCC. The van der Waals surface area contributed by atoms with E-state index in [0.717, 1.165) is 167 Å². The Labute approximate surface area is 590 Å². The number of phosphoric acid groups is 2. The van der Waals surface area contributed by atoms with Crippen LogP contribution in [-0.2, 0) is 55.8 Å². The van der Waals surface area contributed by atoms with E-state index in [1.165, 1.54) is 89.9 Å². The zero-order chi connectivity index (χ0) is 70.9. The molecule has 0 aromatic rings. The van der Waals surface area contributed by atoms with Crippen molar-refractivity contribution in [2.45, 2.75) is 334 Å². The Morgan fingerprint density at radius 3 is 0.845 bits per heavy atom. The molecule has 0 amide bonds. The number of allylic oxidation sites excluding steroid dienone is 18. The lowest BCUT2D eigenvalue weighted by Crippen LogP contribution is -2.30. The van der Waals surface area contributed by atoms with Gasteiger partial charge in [0.15, 0.2) is 6.10 Å². The van der Waals surface area contributed by atoms with Crippen LogP contribution in [0.1, 0.15) is 316 Å². The number of unbranched alkanes of at least 4 members (excludes halogenated alkanes) is 31. The van der Waals surface area contributed by atoms with E-state index in [9.17, 15) is 43.5 Å². The van der Waals surface area contributed by atoms with E-state index in [1.54, 1.807) is 0 Å². The molecule has 0 rings (SSSR count). The first-order valence-corrected chi connectivity index (χ1v) is 41.2. The molecule has 0 aliphatic carbocycles. The van der Waals surface area contributed by atoms with Gasteiger partial charge in [0.05, 0.1) is 26.4 Å². The molecular formula is C79H138O16P2. The molecule has 0 radical (unpaired) electrons. The maximum Gasteiger partial charge on any atom is 0.472 e. The molecule has 18 heteroatoms. The van der Waals surface area contributed by atoms with Gasteiger partial charge in [-0.1, -0.05) is 271 Å². The van der Waals surface area contributed by atoms with Gasteiger partial charge >= 0.3 is 33.6 Å². The molecule has 0 aromatic carbocycles. The summed E-state index contributed by atoms with van der Waals surface area (Å²) in [6.45, 7) is 2.60. The van der Waals surface area contributed by atoms with Gasteiger partial charge in [-0.05, 0) is 135 Å². The molecule has 0 spiro atoms. The van der Waals surface area contributed by atoms with Crippen LogP contribution >= 0.6 is 15.6 Å². The van der Waals surface area contributed by atoms with Crippen LogP contribution in [0.25, 0.3) is 0 Å². The molecule has 5 atom stereocenters. The van der Waals surface area contributed by atoms with Gasteiger partial charge in [0.25, 0.3) is 0 Å². The van der Waals surface area contributed by atoms with Crippen molar-refractivity contribution >= 4 is 33.6 Å². The molecule has 0 bridgehead atoms. The molecule has 560 valence electrons. The summed E-state index contributed by atoms with van der Waals surface area (Å²) >= 11 is 0. The molecule has 0 heterocycles. The topological polar surface area (TPSA) is 231 Å². The molecule has 97 heavy (non-hydrogen) atoms. The molecule has 0 aliphatic rings. The highest BCUT2D eigenvalue weighted by molar-refractivity contribution is 7.47. The normalized spacial score (nSPS) is 14.7. The smallest absolute Gasteiger partial charge is 0.463 e. The average molecular weight is 1410 g/mol. The number of aliphatic hydroxyl groups excluding tert-OH is 2. The summed E-state index contributed by atoms with van der Waals surface area (Å²) in [6.07, 6.45) is 82.6. The summed E-state index contributed by atoms with van der Waals surface area (Å²) in [4.78, 5) is 58.6. The van der Waals surface area contributed by atoms with Crippen molar-refractivity contribution < 1.29 is 75.8 Å². The number of hydrogen-bond donors (Lipinski definition) is 4. The fourth-order valence-corrected chi connectivity index (χ4v) is 11.6. The lowest BCUT2D eigenvalue weighted by Gasteiger charge is -2.21. The van der Waals surface area contributed by atoms with Crippen LogP contribution in [0.2, 0.25) is 0 Å². The molecule has 0 aromatic heterocycles. The Morgan fingerprint density at radius 1 is 0.289 bits per heavy atom. The highest BCUT2D eigenvalue weighted by Gasteiger charge is 2.29. The fourth-order valence-electron chi connectivity index (χ4n) is 10.1. The third-order valence-corrected chi connectivity index (χ3v) is 17.8. The van der Waals surface area contributed by atoms with Gasteiger partial charge in [0.1, 0.15) is 25.4 Å². The molecule has 5 unspecified atom stereocenters. The maximum atomic E-state index is 13.0. The highest BCUT2D eigenvalue weighted by atomic mass is 31.2. The van der Waals surface area contributed by atoms with Crippen molar-refractivity contribution in [1.29, 1.82) is 0 Å². The molecule has 16 nitrogen and oxygen atoms in total. The van der Waals surface area contributed by atoms with Gasteiger partial charge in [-0.25, -0.2) is 9.13 Å². The third kappa shape index (κ3) is 73.3. The van der Waals surface area contributed by atoms with Crippen LogP contribution < -0.4 is 0 Å². The second-order valence-electron chi connectivity index (χ2n) is 25.4. The van der Waals surface area contributed by atoms with Crippen molar-refractivity contribution in [2.75, 3.05) is 39.6 Å². The van der Waals surface area contributed by atoms with E-state index < -0.39 is 91.5 Å². The Hall–Kier alpha value is -3.79. The molecule has 0 aliphatic heterocycles. The summed E-state index contributed by atoms with van der Waals surface area (Å²) in [6, 6.07) is 0. The maximum absolute atomic E-state index is 13.0. The van der Waals surface area contributed by atoms with Crippen LogP contribution in [0.3, 0.4) is 0 Å². The first kappa shape index (κ1) is 93.2. The predicted octanol–water partition coefficient (Wildman–Crippen LogP) is 22.0. The van der Waals surface area contributed by atoms with Gasteiger partial charge in [-0.2, -0.15) is 0 Å². The number of carbonyl (C=O) groups excluding carboxylic acids is 3. The van der Waals surface area contributed by atoms with Crippen LogP contribution in [0.15, 0.2) is 109 Å². The zero-order valence-electron chi connectivity index (χ0n) is 61.0. The lowest BCUT2D eigenvalue weighted by atomic mass is 10.1. The molecule has 0 fully saturated rings. The van der Waals surface area contributed by atoms with Gasteiger partial charge in [0, 0.05) is 19.3 Å². The van der Waals surface area contributed by atoms with Crippen LogP contribution in [-0.4, -0.2) is 95.9 Å². The van der Waals surface area contributed by atoms with Gasteiger partial charge in [-0.3, -0.25) is 32.5 Å². The Bertz CT molecular complexity index is 2200. The second-order valence-corrected chi connectivity index (χ2v) is 28.4. The minimum absolute atomic E-state index is 0.0909. The summed E-state index contributed by atoms with van der Waals surface area (Å²) in [5.41, 5.74) is 0. The van der Waals surface area contributed by atoms with Crippen molar-refractivity contribution in [3.05, 3.63) is 109 Å². The van der Waals surface area contributed by atoms with E-state index >= 15 is 0 Å². The number of phosphoric ester groups is 2. The first-order valence-electron chi connectivity index (χ1n) is 38.2. The van der Waals surface area contributed by atoms with Crippen molar-refractivity contribution in [2.24, 2.45) is 0 Å². The number of ether oxygens (including phenoxy) is 3. The zero-order valence-corrected chi connectivity index (χ0v) is 62.8. The van der Waals surface area contributed by atoms with Gasteiger partial charge in [0.2, 0.25) is 0 Å². The number of esters is 3. The van der Waals surface area contributed by atoms with Crippen LogP contribution in [0, 0.1) is 0 Å². The number of rotatable bonds is 72. The fraction of sp³-hybridized carbons (Fsp3) is 0.734. The largest absolute Gasteiger partial charge is 0.472 e. The Balaban J connectivity index is 4.65. The summed E-state index contributed by atoms with van der Waals surface area (Å²) in [5, 5.41) is 20.6. The summed E-state index contributed by atoms with van der Waals surface area (Å²) < 4.78 is 61.1. The standard InChI is InChI=1S/C79H138O16P2/c1-4-7-10-13-16-19-22-25-28-30-32-34-36-38-40-42-45-47-50-53-56-59-62-65-77(82)89-68-74(80)69-91-96(85,86)92-70-75(81)71-93-97(87,88)94-73-76(95-79(84)67-64-61-58-55-52-49-44-27-24-21-18-15-12-9-6-3)72-90-78(83)66-63-60-57-54-51-48-46-43-41-39-37-35-33-31-29-26-23-20-17-14-11-8-5-2/h16-17,19-20,25-29,32-35,38-41,44,74-76,80-81H,4-15,18,21-24,30-31,36-37,42-43,45-73H2,1-3H3,(H,85,86)(H,87,88)/b19-16-,20-17-,28-25-,29-26-,34-32-,35-33-,40-38-,41-39-,44-27-. The quantitative estimate of drug-likeness (QED) is 0.0146. The number of carbonyl (C=O) groups is 3. The first-order chi connectivity index (χ1) is 47.2. The Morgan fingerprint density at radius 2 is 0.515 bits per heavy atom. The van der Waals surface area contributed by atoms with Crippen molar-refractivity contribution in [3.8, 4) is 0 Å². The van der Waals surface area contributed by atoms with Gasteiger partial charge in [-0.15, -0.1) is 0 Å². The van der Waals surface area contributed by atoms with Crippen molar-refractivity contribution in [3.63, 3.8) is 0 Å². The van der Waals surface area contributed by atoms with E-state index in [2.05, 4.69) is 130 Å². The summed E-state index contributed by atoms with van der Waals surface area (Å²) in [7, 11) is -9.79. The number of aliphatic hydroxyl groups is 2. The third-order valence-electron chi connectivity index (χ3n) is 15.9. The van der Waals surface area contributed by atoms with E-state index in [-0.39, 0.29) is 19.3 Å². The minimum atomic E-state index is -4.94. The van der Waals surface area contributed by atoms with E-state index in [1.807, 2.05) is 0 Å². The van der Waals surface area contributed by atoms with Crippen molar-refractivity contribution in [1.82, 2.24) is 0 Å². The lowest BCUT2D eigenvalue weighted by molar-refractivity contribution is -0.161. The van der Waals surface area contributed by atoms with Gasteiger partial charge < -0.3 is 34.2 Å². The molecular weight excluding hydrogens is 1270 g/mol. The highest BCUT2D eigenvalue weighted by Crippen LogP contribution is 2.45.